The Hall–Kier alpha value is -0.545. The van der Waals surface area contributed by atoms with E-state index in [1.54, 1.807) is 13.7 Å². The summed E-state index contributed by atoms with van der Waals surface area (Å²) >= 11 is 0. The first-order valence-electron chi connectivity index (χ1n) is 3.24. The average molecular weight is 144 g/mol. The minimum absolute atomic E-state index is 0.0579. The lowest BCUT2D eigenvalue weighted by Crippen LogP contribution is -2.40. The molecule has 0 saturated carbocycles. The van der Waals surface area contributed by atoms with Crippen LogP contribution in [0.2, 0.25) is 6.82 Å². The molecular formula is C5H13BN2O2. The molecule has 0 fully saturated rings. The molecule has 10 heavy (non-hydrogen) atoms. The van der Waals surface area contributed by atoms with Crippen molar-refractivity contribution in [3.05, 3.63) is 0 Å². The van der Waals surface area contributed by atoms with Gasteiger partial charge < -0.3 is 16.0 Å². The SMILES string of the molecule is CB(O)N[C@H](C)CC(N)=O. The Morgan fingerprint density at radius 1 is 1.90 bits per heavy atom. The highest BCUT2D eigenvalue weighted by Crippen LogP contribution is 1.88. The first-order chi connectivity index (χ1) is 4.52. The molecule has 4 N–H and O–H groups in total. The third-order valence-corrected chi connectivity index (χ3v) is 1.03. The lowest BCUT2D eigenvalue weighted by Gasteiger charge is -2.10. The van der Waals surface area contributed by atoms with Crippen LogP contribution in [0.4, 0.5) is 0 Å². The van der Waals surface area contributed by atoms with E-state index >= 15 is 0 Å². The van der Waals surface area contributed by atoms with Crippen molar-refractivity contribution in [2.75, 3.05) is 0 Å². The Balaban J connectivity index is 3.43. The number of rotatable bonds is 4. The van der Waals surface area contributed by atoms with Crippen molar-refractivity contribution in [1.29, 1.82) is 0 Å². The summed E-state index contributed by atoms with van der Waals surface area (Å²) in [6.45, 7) is 3.38. The van der Waals surface area contributed by atoms with Crippen LogP contribution in [0.15, 0.2) is 0 Å². The molecule has 0 aliphatic rings. The molecule has 0 spiro atoms. The van der Waals surface area contributed by atoms with Crippen LogP contribution in [0.1, 0.15) is 13.3 Å². The molecule has 0 aliphatic heterocycles. The number of carbonyl (C=O) groups excluding carboxylic acids is 1. The second-order valence-electron chi connectivity index (χ2n) is 2.41. The molecule has 0 saturated heterocycles. The predicted octanol–water partition coefficient (Wildman–Crippen LogP) is -1.05. The maximum absolute atomic E-state index is 10.3. The molecule has 0 aromatic rings. The van der Waals surface area contributed by atoms with Gasteiger partial charge in [0, 0.05) is 12.5 Å². The van der Waals surface area contributed by atoms with Gasteiger partial charge in [-0.15, -0.1) is 0 Å². The van der Waals surface area contributed by atoms with Crippen LogP contribution in [0.3, 0.4) is 0 Å². The maximum Gasteiger partial charge on any atom is 0.373 e. The summed E-state index contributed by atoms with van der Waals surface area (Å²) < 4.78 is 0. The highest BCUT2D eigenvalue weighted by molar-refractivity contribution is 6.45. The number of nitrogens with two attached hydrogens (primary N) is 1. The predicted molar refractivity (Wildman–Crippen MR) is 40.2 cm³/mol. The molecular weight excluding hydrogens is 131 g/mol. The van der Waals surface area contributed by atoms with E-state index in [2.05, 4.69) is 5.23 Å². The maximum atomic E-state index is 10.3. The van der Waals surface area contributed by atoms with E-state index < -0.39 is 7.05 Å². The van der Waals surface area contributed by atoms with E-state index in [-0.39, 0.29) is 18.4 Å². The first kappa shape index (κ1) is 9.45. The van der Waals surface area contributed by atoms with Crippen LogP contribution in [0.5, 0.6) is 0 Å². The molecule has 4 nitrogen and oxygen atoms in total. The van der Waals surface area contributed by atoms with Gasteiger partial charge in [0.2, 0.25) is 5.91 Å². The molecule has 1 amide bonds. The fourth-order valence-corrected chi connectivity index (χ4v) is 0.772. The van der Waals surface area contributed by atoms with Crippen molar-refractivity contribution in [1.82, 2.24) is 5.23 Å². The summed E-state index contributed by atoms with van der Waals surface area (Å²) in [5.41, 5.74) is 4.91. The second-order valence-corrected chi connectivity index (χ2v) is 2.41. The van der Waals surface area contributed by atoms with Crippen molar-refractivity contribution in [2.24, 2.45) is 5.73 Å². The van der Waals surface area contributed by atoms with Gasteiger partial charge in [-0.25, -0.2) is 0 Å². The van der Waals surface area contributed by atoms with Gasteiger partial charge in [0.1, 0.15) is 0 Å². The number of amides is 1. The monoisotopic (exact) mass is 144 g/mol. The largest absolute Gasteiger partial charge is 0.437 e. The van der Waals surface area contributed by atoms with Gasteiger partial charge in [-0.2, -0.15) is 0 Å². The van der Waals surface area contributed by atoms with Crippen molar-refractivity contribution >= 4 is 13.0 Å². The van der Waals surface area contributed by atoms with Crippen LogP contribution >= 0.6 is 0 Å². The number of hydrogen-bond acceptors (Lipinski definition) is 3. The van der Waals surface area contributed by atoms with Gasteiger partial charge in [0.25, 0.3) is 0 Å². The van der Waals surface area contributed by atoms with Crippen LogP contribution in [0.25, 0.3) is 0 Å². The van der Waals surface area contributed by atoms with E-state index in [1.165, 1.54) is 0 Å². The quantitative estimate of drug-likeness (QED) is 0.440. The number of nitrogens with one attached hydrogen (secondary N) is 1. The second kappa shape index (κ2) is 4.30. The summed E-state index contributed by atoms with van der Waals surface area (Å²) in [6.07, 6.45) is 0.255. The summed E-state index contributed by atoms with van der Waals surface area (Å²) in [5.74, 6) is -0.361. The van der Waals surface area contributed by atoms with E-state index in [1.807, 2.05) is 0 Å². The average Bonchev–Trinajstić information content (AvgIpc) is 1.58. The highest BCUT2D eigenvalue weighted by Gasteiger charge is 2.09. The molecule has 58 valence electrons. The van der Waals surface area contributed by atoms with Crippen LogP contribution in [-0.4, -0.2) is 24.0 Å². The number of primary amides is 1. The van der Waals surface area contributed by atoms with Gasteiger partial charge in [0.05, 0.1) is 0 Å². The van der Waals surface area contributed by atoms with Crippen molar-refractivity contribution < 1.29 is 9.82 Å². The summed E-state index contributed by atoms with van der Waals surface area (Å²) in [7, 11) is -0.589. The van der Waals surface area contributed by atoms with Crippen molar-refractivity contribution in [3.8, 4) is 0 Å². The third kappa shape index (κ3) is 5.59. The van der Waals surface area contributed by atoms with Gasteiger partial charge >= 0.3 is 7.05 Å². The minimum Gasteiger partial charge on any atom is -0.437 e. The molecule has 0 aromatic heterocycles. The van der Waals surface area contributed by atoms with Crippen molar-refractivity contribution in [3.63, 3.8) is 0 Å². The van der Waals surface area contributed by atoms with Gasteiger partial charge in [-0.1, -0.05) is 6.92 Å². The zero-order valence-corrected chi connectivity index (χ0v) is 6.29. The van der Waals surface area contributed by atoms with E-state index in [4.69, 9.17) is 10.8 Å². The summed E-state index contributed by atoms with van der Waals surface area (Å²) in [6, 6.07) is -0.0579. The Morgan fingerprint density at radius 2 is 2.40 bits per heavy atom. The van der Waals surface area contributed by atoms with E-state index in [0.717, 1.165) is 0 Å². The number of carbonyl (C=O) groups is 1. The zero-order valence-electron chi connectivity index (χ0n) is 6.29. The topological polar surface area (TPSA) is 75.3 Å². The molecule has 5 heteroatoms. The Labute approximate surface area is 60.9 Å². The van der Waals surface area contributed by atoms with E-state index in [9.17, 15) is 4.79 Å². The minimum atomic E-state index is -0.589. The highest BCUT2D eigenvalue weighted by atomic mass is 16.2. The van der Waals surface area contributed by atoms with Crippen LogP contribution < -0.4 is 11.0 Å². The number of hydrogen-bond donors (Lipinski definition) is 3. The first-order valence-corrected chi connectivity index (χ1v) is 3.24. The molecule has 0 radical (unpaired) electrons. The normalized spacial score (nSPS) is 12.7. The summed E-state index contributed by atoms with van der Waals surface area (Å²) in [4.78, 5) is 10.3. The third-order valence-electron chi connectivity index (χ3n) is 1.03. The Bertz CT molecular complexity index is 118. The molecule has 0 unspecified atom stereocenters. The fourth-order valence-electron chi connectivity index (χ4n) is 0.772. The van der Waals surface area contributed by atoms with Gasteiger partial charge in [-0.3, -0.25) is 4.79 Å². The molecule has 0 bridgehead atoms. The van der Waals surface area contributed by atoms with E-state index in [0.29, 0.717) is 0 Å². The van der Waals surface area contributed by atoms with Crippen LogP contribution in [0, 0.1) is 0 Å². The molecule has 1 atom stereocenters. The lowest BCUT2D eigenvalue weighted by molar-refractivity contribution is -0.118. The summed E-state index contributed by atoms with van der Waals surface area (Å²) in [5, 5.41) is 11.5. The van der Waals surface area contributed by atoms with Gasteiger partial charge in [-0.05, 0) is 6.82 Å². The zero-order chi connectivity index (χ0) is 8.15. The van der Waals surface area contributed by atoms with Gasteiger partial charge in [0.15, 0.2) is 0 Å². The Kier molecular flexibility index (Phi) is 4.06. The molecule has 0 rings (SSSR count). The molecule has 0 aliphatic carbocycles. The lowest BCUT2D eigenvalue weighted by atomic mass is 9.87. The standard InChI is InChI=1S/C5H13BN2O2/c1-4(3-5(7)9)8-6(2)10/h4,8,10H,3H2,1-2H3,(H2,7,9)/t4-/m1/s1. The fraction of sp³-hybridized carbons (Fsp3) is 0.800. The molecule has 0 aromatic carbocycles. The Morgan fingerprint density at radius 3 is 2.70 bits per heavy atom. The smallest absolute Gasteiger partial charge is 0.373 e. The molecule has 0 heterocycles. The van der Waals surface area contributed by atoms with Crippen molar-refractivity contribution in [2.45, 2.75) is 26.2 Å². The van der Waals surface area contributed by atoms with Crippen LogP contribution in [-0.2, 0) is 4.79 Å².